The molecule has 0 heterocycles. The maximum absolute atomic E-state index is 13.4. The highest BCUT2D eigenvalue weighted by Gasteiger charge is 2.10. The van der Waals surface area contributed by atoms with Crippen LogP contribution in [-0.2, 0) is 6.42 Å². The van der Waals surface area contributed by atoms with Gasteiger partial charge in [-0.25, -0.2) is 4.39 Å². The van der Waals surface area contributed by atoms with Gasteiger partial charge < -0.3 is 5.32 Å². The van der Waals surface area contributed by atoms with Crippen molar-refractivity contribution in [2.45, 2.75) is 6.42 Å². The van der Waals surface area contributed by atoms with Crippen LogP contribution in [0.4, 0.5) is 4.39 Å². The molecule has 0 fully saturated rings. The van der Waals surface area contributed by atoms with Crippen LogP contribution in [0, 0.1) is 5.82 Å². The maximum Gasteiger partial charge on any atom is 0.252 e. The summed E-state index contributed by atoms with van der Waals surface area (Å²) in [5.74, 6) is -0.473. The largest absolute Gasteiger partial charge is 0.352 e. The minimum Gasteiger partial charge on any atom is -0.352 e. The second-order valence-corrected chi connectivity index (χ2v) is 5.51. The minimum atomic E-state index is -0.255. The topological polar surface area (TPSA) is 29.1 Å². The van der Waals surface area contributed by atoms with Gasteiger partial charge >= 0.3 is 0 Å². The standard InChI is InChI=1S/C15H12BrClFNO/c16-13-9-11(17)5-6-12(13)15(20)19-8-7-10-3-1-2-4-14(10)18/h1-6,9H,7-8H2,(H,19,20). The first-order chi connectivity index (χ1) is 9.58. The smallest absolute Gasteiger partial charge is 0.252 e. The molecular formula is C15H12BrClFNO. The second kappa shape index (κ2) is 6.86. The van der Waals surface area contributed by atoms with Crippen LogP contribution in [0.15, 0.2) is 46.9 Å². The van der Waals surface area contributed by atoms with Gasteiger partial charge in [-0.1, -0.05) is 29.8 Å². The van der Waals surface area contributed by atoms with E-state index in [2.05, 4.69) is 21.2 Å². The Hall–Kier alpha value is -1.39. The van der Waals surface area contributed by atoms with Gasteiger partial charge in [-0.2, -0.15) is 0 Å². The summed E-state index contributed by atoms with van der Waals surface area (Å²) in [5.41, 5.74) is 1.09. The summed E-state index contributed by atoms with van der Waals surface area (Å²) in [6, 6.07) is 11.5. The minimum absolute atomic E-state index is 0.218. The van der Waals surface area contributed by atoms with Crippen molar-refractivity contribution >= 4 is 33.4 Å². The van der Waals surface area contributed by atoms with Crippen molar-refractivity contribution in [2.75, 3.05) is 6.54 Å². The number of amides is 1. The van der Waals surface area contributed by atoms with Crippen molar-refractivity contribution in [1.29, 1.82) is 0 Å². The van der Waals surface area contributed by atoms with Gasteiger partial charge in [0.1, 0.15) is 5.82 Å². The monoisotopic (exact) mass is 355 g/mol. The molecule has 5 heteroatoms. The fraction of sp³-hybridized carbons (Fsp3) is 0.133. The lowest BCUT2D eigenvalue weighted by molar-refractivity contribution is 0.0953. The van der Waals surface area contributed by atoms with Crippen LogP contribution in [0.3, 0.4) is 0 Å². The molecule has 2 aromatic rings. The van der Waals surface area contributed by atoms with E-state index < -0.39 is 0 Å². The summed E-state index contributed by atoms with van der Waals surface area (Å²) in [5, 5.41) is 3.31. The normalized spacial score (nSPS) is 10.3. The first kappa shape index (κ1) is 15.0. The molecule has 0 spiro atoms. The molecule has 1 N–H and O–H groups in total. The number of carbonyl (C=O) groups is 1. The highest BCUT2D eigenvalue weighted by Crippen LogP contribution is 2.21. The summed E-state index contributed by atoms with van der Waals surface area (Å²) in [6.07, 6.45) is 0.448. The third-order valence-corrected chi connectivity index (χ3v) is 3.70. The average molecular weight is 357 g/mol. The van der Waals surface area contributed by atoms with Crippen LogP contribution in [0.25, 0.3) is 0 Å². The van der Waals surface area contributed by atoms with Crippen molar-refractivity contribution in [3.63, 3.8) is 0 Å². The predicted octanol–water partition coefficient (Wildman–Crippen LogP) is 4.21. The van der Waals surface area contributed by atoms with Crippen LogP contribution in [0.1, 0.15) is 15.9 Å². The van der Waals surface area contributed by atoms with Crippen LogP contribution in [-0.4, -0.2) is 12.5 Å². The van der Waals surface area contributed by atoms with E-state index in [-0.39, 0.29) is 11.7 Å². The Morgan fingerprint density at radius 2 is 2.00 bits per heavy atom. The van der Waals surface area contributed by atoms with Gasteiger partial charge in [-0.05, 0) is 52.2 Å². The Balaban J connectivity index is 1.94. The van der Waals surface area contributed by atoms with Gasteiger partial charge in [-0.3, -0.25) is 4.79 Å². The van der Waals surface area contributed by atoms with Crippen LogP contribution in [0.5, 0.6) is 0 Å². The van der Waals surface area contributed by atoms with Crippen LogP contribution >= 0.6 is 27.5 Å². The number of benzene rings is 2. The summed E-state index contributed by atoms with van der Waals surface area (Å²) in [4.78, 5) is 12.0. The van der Waals surface area contributed by atoms with E-state index in [1.54, 1.807) is 36.4 Å². The zero-order chi connectivity index (χ0) is 14.5. The number of carbonyl (C=O) groups excluding carboxylic acids is 1. The summed E-state index contributed by atoms with van der Waals surface area (Å²) in [7, 11) is 0. The first-order valence-corrected chi connectivity index (χ1v) is 7.21. The summed E-state index contributed by atoms with van der Waals surface area (Å²) in [6.45, 7) is 0.370. The Bertz CT molecular complexity index is 633. The lowest BCUT2D eigenvalue weighted by atomic mass is 10.1. The zero-order valence-electron chi connectivity index (χ0n) is 10.5. The molecule has 104 valence electrons. The molecular weight excluding hydrogens is 345 g/mol. The Labute approximate surface area is 130 Å². The van der Waals surface area contributed by atoms with Gasteiger partial charge in [0.05, 0.1) is 5.56 Å². The van der Waals surface area contributed by atoms with E-state index in [1.807, 2.05) is 0 Å². The fourth-order valence-corrected chi connectivity index (χ4v) is 2.64. The summed E-state index contributed by atoms with van der Waals surface area (Å²) >= 11 is 9.11. The lowest BCUT2D eigenvalue weighted by Crippen LogP contribution is -2.26. The van der Waals surface area contributed by atoms with Gasteiger partial charge in [-0.15, -0.1) is 0 Å². The number of hydrogen-bond donors (Lipinski definition) is 1. The molecule has 20 heavy (non-hydrogen) atoms. The second-order valence-electron chi connectivity index (χ2n) is 4.22. The van der Waals surface area contributed by atoms with Crippen molar-refractivity contribution in [3.05, 3.63) is 68.9 Å². The van der Waals surface area contributed by atoms with Crippen molar-refractivity contribution < 1.29 is 9.18 Å². The molecule has 0 aliphatic carbocycles. The molecule has 0 bridgehead atoms. The molecule has 2 rings (SSSR count). The highest BCUT2D eigenvalue weighted by atomic mass is 79.9. The third-order valence-electron chi connectivity index (χ3n) is 2.81. The van der Waals surface area contributed by atoms with E-state index in [9.17, 15) is 9.18 Å². The van der Waals surface area contributed by atoms with E-state index in [4.69, 9.17) is 11.6 Å². The first-order valence-electron chi connectivity index (χ1n) is 6.04. The Kier molecular flexibility index (Phi) is 5.15. The number of rotatable bonds is 4. The molecule has 0 unspecified atom stereocenters. The maximum atomic E-state index is 13.4. The third kappa shape index (κ3) is 3.81. The highest BCUT2D eigenvalue weighted by molar-refractivity contribution is 9.10. The Morgan fingerprint density at radius 1 is 1.25 bits per heavy atom. The number of nitrogens with one attached hydrogen (secondary N) is 1. The van der Waals surface area contributed by atoms with Gasteiger partial charge in [0, 0.05) is 16.0 Å². The fourth-order valence-electron chi connectivity index (χ4n) is 1.78. The molecule has 2 nitrogen and oxygen atoms in total. The zero-order valence-corrected chi connectivity index (χ0v) is 12.8. The molecule has 0 aliphatic heterocycles. The lowest BCUT2D eigenvalue weighted by Gasteiger charge is -2.08. The molecule has 0 radical (unpaired) electrons. The van der Waals surface area contributed by atoms with Gasteiger partial charge in [0.15, 0.2) is 0 Å². The molecule has 2 aromatic carbocycles. The summed E-state index contributed by atoms with van der Waals surface area (Å²) < 4.78 is 14.0. The SMILES string of the molecule is O=C(NCCc1ccccc1F)c1ccc(Cl)cc1Br. The van der Waals surface area contributed by atoms with Gasteiger partial charge in [0.25, 0.3) is 5.91 Å². The number of halogens is 3. The average Bonchev–Trinajstić information content (AvgIpc) is 2.40. The van der Waals surface area contributed by atoms with E-state index in [0.29, 0.717) is 33.6 Å². The van der Waals surface area contributed by atoms with E-state index in [0.717, 1.165) is 0 Å². The predicted molar refractivity (Wildman–Crippen MR) is 81.6 cm³/mol. The van der Waals surface area contributed by atoms with Crippen LogP contribution in [0.2, 0.25) is 5.02 Å². The molecule has 0 aliphatic rings. The molecule has 0 atom stereocenters. The molecule has 0 aromatic heterocycles. The van der Waals surface area contributed by atoms with E-state index in [1.165, 1.54) is 6.07 Å². The number of hydrogen-bond acceptors (Lipinski definition) is 1. The molecule has 1 amide bonds. The molecule has 0 saturated heterocycles. The quantitative estimate of drug-likeness (QED) is 0.873. The van der Waals surface area contributed by atoms with Crippen LogP contribution < -0.4 is 5.32 Å². The van der Waals surface area contributed by atoms with Crippen molar-refractivity contribution in [1.82, 2.24) is 5.32 Å². The van der Waals surface area contributed by atoms with E-state index >= 15 is 0 Å². The van der Waals surface area contributed by atoms with Crippen molar-refractivity contribution in [2.24, 2.45) is 0 Å². The molecule has 0 saturated carbocycles. The van der Waals surface area contributed by atoms with Crippen molar-refractivity contribution in [3.8, 4) is 0 Å². The van der Waals surface area contributed by atoms with Gasteiger partial charge in [0.2, 0.25) is 0 Å². The Morgan fingerprint density at radius 3 is 2.70 bits per heavy atom.